The monoisotopic (exact) mass is 396 g/mol. The van der Waals surface area contributed by atoms with E-state index in [0.717, 1.165) is 17.1 Å². The highest BCUT2D eigenvalue weighted by Crippen LogP contribution is 2.20. The number of hydrogen-bond donors (Lipinski definition) is 0. The van der Waals surface area contributed by atoms with Gasteiger partial charge in [-0.25, -0.2) is 4.79 Å². The Morgan fingerprint density at radius 3 is 2.48 bits per heavy atom. The largest absolute Gasteiger partial charge is 0.467 e. The zero-order chi connectivity index (χ0) is 21.1. The predicted octanol–water partition coefficient (Wildman–Crippen LogP) is 4.08. The molecule has 8 heteroatoms. The maximum atomic E-state index is 12.8. The molecule has 0 saturated heterocycles. The summed E-state index contributed by atoms with van der Waals surface area (Å²) in [6, 6.07) is 10.4. The first-order valence-electron chi connectivity index (χ1n) is 8.96. The summed E-state index contributed by atoms with van der Waals surface area (Å²) in [5.74, 6) is -0.271. The van der Waals surface area contributed by atoms with E-state index in [4.69, 9.17) is 9.15 Å². The molecule has 2 aromatic heterocycles. The first-order valence-corrected chi connectivity index (χ1v) is 8.96. The summed E-state index contributed by atoms with van der Waals surface area (Å²) >= 11 is 0. The van der Waals surface area contributed by atoms with Crippen molar-refractivity contribution in [3.05, 3.63) is 87.1 Å². The zero-order valence-electron chi connectivity index (χ0n) is 16.2. The van der Waals surface area contributed by atoms with Gasteiger partial charge >= 0.3 is 5.97 Å². The molecule has 0 spiro atoms. The van der Waals surface area contributed by atoms with E-state index in [9.17, 15) is 19.7 Å². The third-order valence-corrected chi connectivity index (χ3v) is 4.70. The normalized spacial score (nSPS) is 11.8. The number of ether oxygens (including phenoxy) is 1. The summed E-state index contributed by atoms with van der Waals surface area (Å²) in [7, 11) is 0. The van der Waals surface area contributed by atoms with Gasteiger partial charge in [0.25, 0.3) is 5.69 Å². The Morgan fingerprint density at radius 2 is 1.90 bits per heavy atom. The van der Waals surface area contributed by atoms with Gasteiger partial charge in [-0.3, -0.25) is 14.9 Å². The SMILES string of the molecule is Cc1cc(C(=O)[C@@H](C)OC(=O)c2ccc([N+](=O)[O-])cc2)c(C)n1Cc1ccco1. The van der Waals surface area contributed by atoms with Crippen molar-refractivity contribution in [1.82, 2.24) is 4.57 Å². The van der Waals surface area contributed by atoms with Gasteiger partial charge in [0.05, 0.1) is 23.3 Å². The van der Waals surface area contributed by atoms with E-state index in [1.54, 1.807) is 18.4 Å². The smallest absolute Gasteiger partial charge is 0.338 e. The molecule has 0 unspecified atom stereocenters. The number of furan rings is 1. The minimum absolute atomic E-state index is 0.130. The van der Waals surface area contributed by atoms with Gasteiger partial charge in [-0.2, -0.15) is 0 Å². The van der Waals surface area contributed by atoms with Crippen molar-refractivity contribution in [3.63, 3.8) is 0 Å². The number of aromatic nitrogens is 1. The molecule has 3 aromatic rings. The third-order valence-electron chi connectivity index (χ3n) is 4.70. The number of nitro groups is 1. The third kappa shape index (κ3) is 4.26. The number of hydrogen-bond acceptors (Lipinski definition) is 6. The van der Waals surface area contributed by atoms with Crippen LogP contribution < -0.4 is 0 Å². The molecule has 0 aliphatic carbocycles. The topological polar surface area (TPSA) is 105 Å². The molecule has 2 heterocycles. The quantitative estimate of drug-likeness (QED) is 0.258. The average Bonchev–Trinajstić information content (AvgIpc) is 3.31. The maximum absolute atomic E-state index is 12.8. The van der Waals surface area contributed by atoms with Crippen LogP contribution in [-0.4, -0.2) is 27.3 Å². The number of benzene rings is 1. The molecular weight excluding hydrogens is 376 g/mol. The lowest BCUT2D eigenvalue weighted by Gasteiger charge is -2.13. The van der Waals surface area contributed by atoms with Crippen LogP contribution >= 0.6 is 0 Å². The summed E-state index contributed by atoms with van der Waals surface area (Å²) in [5.41, 5.74) is 2.12. The van der Waals surface area contributed by atoms with Gasteiger partial charge in [-0.15, -0.1) is 0 Å². The lowest BCUT2D eigenvalue weighted by molar-refractivity contribution is -0.384. The molecule has 0 fully saturated rings. The Hall–Kier alpha value is -3.68. The molecular formula is C21H20N2O6. The fraction of sp³-hybridized carbons (Fsp3) is 0.238. The van der Waals surface area contributed by atoms with Crippen LogP contribution in [0.3, 0.4) is 0 Å². The van der Waals surface area contributed by atoms with Crippen molar-refractivity contribution < 1.29 is 23.7 Å². The highest BCUT2D eigenvalue weighted by molar-refractivity contribution is 6.02. The number of non-ortho nitro benzene ring substituents is 1. The number of nitro benzene ring substituents is 1. The molecule has 3 rings (SSSR count). The van der Waals surface area contributed by atoms with Crippen LogP contribution in [0.4, 0.5) is 5.69 Å². The Morgan fingerprint density at radius 1 is 1.21 bits per heavy atom. The number of aryl methyl sites for hydroxylation is 1. The molecule has 8 nitrogen and oxygen atoms in total. The Kier molecular flexibility index (Phi) is 5.63. The summed E-state index contributed by atoms with van der Waals surface area (Å²) in [4.78, 5) is 35.3. The highest BCUT2D eigenvalue weighted by atomic mass is 16.6. The second-order valence-electron chi connectivity index (χ2n) is 6.67. The van der Waals surface area contributed by atoms with E-state index in [-0.39, 0.29) is 17.0 Å². The first kappa shape index (κ1) is 20.1. The van der Waals surface area contributed by atoms with Crippen molar-refractivity contribution in [1.29, 1.82) is 0 Å². The van der Waals surface area contributed by atoms with E-state index >= 15 is 0 Å². The van der Waals surface area contributed by atoms with Crippen LogP contribution in [0.15, 0.2) is 53.1 Å². The average molecular weight is 396 g/mol. The fourth-order valence-corrected chi connectivity index (χ4v) is 3.07. The number of nitrogens with zero attached hydrogens (tertiary/aromatic N) is 2. The number of ketones is 1. The summed E-state index contributed by atoms with van der Waals surface area (Å²) < 4.78 is 12.6. The van der Waals surface area contributed by atoms with Crippen LogP contribution in [0, 0.1) is 24.0 Å². The van der Waals surface area contributed by atoms with E-state index in [0.29, 0.717) is 12.1 Å². The lowest BCUT2D eigenvalue weighted by atomic mass is 10.1. The van der Waals surface area contributed by atoms with Crippen molar-refractivity contribution in [2.24, 2.45) is 0 Å². The molecule has 1 atom stereocenters. The molecule has 0 aliphatic heterocycles. The Labute approximate surface area is 166 Å². The van der Waals surface area contributed by atoms with Gasteiger partial charge in [0.15, 0.2) is 6.10 Å². The minimum atomic E-state index is -1.00. The fourth-order valence-electron chi connectivity index (χ4n) is 3.07. The highest BCUT2D eigenvalue weighted by Gasteiger charge is 2.25. The van der Waals surface area contributed by atoms with Crippen LogP contribution in [0.5, 0.6) is 0 Å². The van der Waals surface area contributed by atoms with E-state index < -0.39 is 17.0 Å². The van der Waals surface area contributed by atoms with Crippen molar-refractivity contribution >= 4 is 17.4 Å². The molecule has 0 amide bonds. The number of esters is 1. The van der Waals surface area contributed by atoms with Crippen LogP contribution in [0.2, 0.25) is 0 Å². The molecule has 150 valence electrons. The molecule has 0 saturated carbocycles. The summed E-state index contributed by atoms with van der Waals surface area (Å²) in [5, 5.41) is 10.7. The molecule has 0 aliphatic rings. The first-order chi connectivity index (χ1) is 13.8. The van der Waals surface area contributed by atoms with Gasteiger partial charge in [0.1, 0.15) is 5.76 Å². The van der Waals surface area contributed by atoms with Crippen LogP contribution in [-0.2, 0) is 11.3 Å². The summed E-state index contributed by atoms with van der Waals surface area (Å²) in [6.45, 7) is 5.72. The van der Waals surface area contributed by atoms with Gasteiger partial charge in [-0.1, -0.05) is 0 Å². The van der Waals surface area contributed by atoms with Crippen LogP contribution in [0.25, 0.3) is 0 Å². The molecule has 0 bridgehead atoms. The van der Waals surface area contributed by atoms with E-state index in [1.165, 1.54) is 31.2 Å². The van der Waals surface area contributed by atoms with Crippen LogP contribution in [0.1, 0.15) is 44.8 Å². The second kappa shape index (κ2) is 8.14. The summed E-state index contributed by atoms with van der Waals surface area (Å²) in [6.07, 6.45) is 0.588. The predicted molar refractivity (Wildman–Crippen MR) is 104 cm³/mol. The van der Waals surface area contributed by atoms with Gasteiger partial charge < -0.3 is 13.7 Å². The van der Waals surface area contributed by atoms with Gasteiger partial charge in [-0.05, 0) is 51.1 Å². The van der Waals surface area contributed by atoms with Crippen molar-refractivity contribution in [2.75, 3.05) is 0 Å². The van der Waals surface area contributed by atoms with Gasteiger partial charge in [0.2, 0.25) is 5.78 Å². The number of Topliss-reactive ketones (excluding diaryl/α,β-unsaturated/α-hetero) is 1. The zero-order valence-corrected chi connectivity index (χ0v) is 16.2. The van der Waals surface area contributed by atoms with Gasteiger partial charge in [0, 0.05) is 29.1 Å². The molecule has 1 aromatic carbocycles. The Bertz CT molecular complexity index is 1050. The maximum Gasteiger partial charge on any atom is 0.338 e. The Balaban J connectivity index is 1.73. The number of carbonyl (C=O) groups is 2. The lowest BCUT2D eigenvalue weighted by Crippen LogP contribution is -2.25. The van der Waals surface area contributed by atoms with E-state index in [1.807, 2.05) is 24.5 Å². The van der Waals surface area contributed by atoms with E-state index in [2.05, 4.69) is 0 Å². The van der Waals surface area contributed by atoms with Crippen molar-refractivity contribution in [2.45, 2.75) is 33.4 Å². The minimum Gasteiger partial charge on any atom is -0.467 e. The molecule has 0 radical (unpaired) electrons. The molecule has 29 heavy (non-hydrogen) atoms. The number of rotatable bonds is 7. The standard InChI is InChI=1S/C21H20N2O6/c1-13-11-19(14(2)22(13)12-18-5-4-10-28-18)20(24)15(3)29-21(25)16-6-8-17(9-7-16)23(26)27/h4-11,15H,12H2,1-3H3/t15-/m1/s1. The molecule has 0 N–H and O–H groups in total. The second-order valence-corrected chi connectivity index (χ2v) is 6.67. The van der Waals surface area contributed by atoms with Crippen molar-refractivity contribution in [3.8, 4) is 0 Å². The number of carbonyl (C=O) groups excluding carboxylic acids is 2.